The third kappa shape index (κ3) is 4.13. The summed E-state index contributed by atoms with van der Waals surface area (Å²) in [6.07, 6.45) is 5.44. The highest BCUT2D eigenvalue weighted by atomic mass is 32.2. The molecule has 0 spiro atoms. The lowest BCUT2D eigenvalue weighted by molar-refractivity contribution is -0.118. The summed E-state index contributed by atoms with van der Waals surface area (Å²) in [5.74, 6) is 0.214. The average molecular weight is 332 g/mol. The second-order valence-corrected chi connectivity index (χ2v) is 6.40. The molecule has 1 amide bonds. The number of aryl methyl sites for hydroxylation is 1. The van der Waals surface area contributed by atoms with Crippen LogP contribution < -0.4 is 4.90 Å². The van der Waals surface area contributed by atoms with Gasteiger partial charge in [0.2, 0.25) is 5.91 Å². The van der Waals surface area contributed by atoms with Gasteiger partial charge in [0.25, 0.3) is 0 Å². The summed E-state index contributed by atoms with van der Waals surface area (Å²) in [5.41, 5.74) is 2.35. The summed E-state index contributed by atoms with van der Waals surface area (Å²) < 4.78 is 13.1. The molecular weight excluding hydrogens is 312 g/mol. The first-order valence-corrected chi connectivity index (χ1v) is 8.71. The number of carbonyl (C=O) groups is 1. The van der Waals surface area contributed by atoms with Crippen LogP contribution in [-0.2, 0) is 15.6 Å². The van der Waals surface area contributed by atoms with Gasteiger partial charge in [-0.3, -0.25) is 14.0 Å². The minimum Gasteiger partial charge on any atom is -0.310 e. The van der Waals surface area contributed by atoms with E-state index >= 15 is 0 Å². The first kappa shape index (κ1) is 17.1. The maximum absolute atomic E-state index is 12.4. The fourth-order valence-electron chi connectivity index (χ4n) is 2.22. The third-order valence-electron chi connectivity index (χ3n) is 3.39. The van der Waals surface area contributed by atoms with E-state index in [0.717, 1.165) is 17.1 Å². The van der Waals surface area contributed by atoms with Crippen LogP contribution in [0.2, 0.25) is 0 Å². The molecule has 122 valence electrons. The van der Waals surface area contributed by atoms with Gasteiger partial charge in [-0.25, -0.2) is 4.68 Å². The fraction of sp³-hybridized carbons (Fsp3) is 0.312. The minimum absolute atomic E-state index is 0.0727. The molecule has 0 radical (unpaired) electrons. The minimum atomic E-state index is -1.17. The molecule has 1 unspecified atom stereocenters. The number of nitrogens with zero attached hydrogens (tertiary/aromatic N) is 4. The summed E-state index contributed by atoms with van der Waals surface area (Å²) in [6, 6.07) is 3.73. The number of anilines is 1. The van der Waals surface area contributed by atoms with Gasteiger partial charge in [-0.2, -0.15) is 5.10 Å². The Labute approximate surface area is 138 Å². The largest absolute Gasteiger partial charge is 0.310 e. The number of hydrogen-bond acceptors (Lipinski definition) is 4. The van der Waals surface area contributed by atoms with E-state index in [-0.39, 0.29) is 18.1 Å². The fourth-order valence-corrected chi connectivity index (χ4v) is 2.77. The predicted octanol–water partition coefficient (Wildman–Crippen LogP) is 2.21. The molecule has 2 aromatic rings. The standard InChI is InChI=1S/C16H20N4O2S/c1-4-19(16(21)8-10-23(22)5-2)15-12-20(18-13(15)3)14-7-6-9-17-11-14/h5-7,9,11-12H,2,4,8,10H2,1,3H3. The van der Waals surface area contributed by atoms with E-state index in [1.165, 1.54) is 5.41 Å². The number of pyridine rings is 1. The van der Waals surface area contributed by atoms with Crippen molar-refractivity contribution in [3.05, 3.63) is 48.4 Å². The monoisotopic (exact) mass is 332 g/mol. The van der Waals surface area contributed by atoms with Crippen LogP contribution in [-0.4, -0.2) is 37.2 Å². The Morgan fingerprint density at radius 1 is 1.52 bits per heavy atom. The number of amides is 1. The van der Waals surface area contributed by atoms with Gasteiger partial charge in [-0.1, -0.05) is 6.58 Å². The van der Waals surface area contributed by atoms with Crippen molar-refractivity contribution in [3.8, 4) is 5.69 Å². The van der Waals surface area contributed by atoms with Crippen molar-refractivity contribution in [2.45, 2.75) is 20.3 Å². The lowest BCUT2D eigenvalue weighted by atomic mass is 10.3. The first-order chi connectivity index (χ1) is 11.1. The lowest BCUT2D eigenvalue weighted by Gasteiger charge is -2.19. The Morgan fingerprint density at radius 2 is 2.30 bits per heavy atom. The summed E-state index contributed by atoms with van der Waals surface area (Å²) in [7, 11) is -1.17. The molecule has 1 atom stereocenters. The third-order valence-corrected chi connectivity index (χ3v) is 4.37. The van der Waals surface area contributed by atoms with Crippen LogP contribution in [0.25, 0.3) is 5.69 Å². The number of hydrogen-bond donors (Lipinski definition) is 0. The van der Waals surface area contributed by atoms with E-state index in [2.05, 4.69) is 16.7 Å². The van der Waals surface area contributed by atoms with Crippen molar-refractivity contribution < 1.29 is 9.00 Å². The zero-order valence-electron chi connectivity index (χ0n) is 13.3. The molecule has 2 aromatic heterocycles. The van der Waals surface area contributed by atoms with Crippen molar-refractivity contribution in [2.24, 2.45) is 0 Å². The van der Waals surface area contributed by atoms with Crippen LogP contribution in [0.5, 0.6) is 0 Å². The zero-order chi connectivity index (χ0) is 16.8. The molecule has 0 aliphatic rings. The van der Waals surface area contributed by atoms with Crippen molar-refractivity contribution in [1.29, 1.82) is 0 Å². The summed E-state index contributed by atoms with van der Waals surface area (Å²) in [5, 5.41) is 5.81. The Kier molecular flexibility index (Phi) is 5.81. The van der Waals surface area contributed by atoms with Gasteiger partial charge in [-0.15, -0.1) is 0 Å². The highest BCUT2D eigenvalue weighted by Gasteiger charge is 2.19. The van der Waals surface area contributed by atoms with Gasteiger partial charge in [0, 0.05) is 35.7 Å². The topological polar surface area (TPSA) is 68.1 Å². The molecule has 7 heteroatoms. The van der Waals surface area contributed by atoms with Crippen LogP contribution in [0, 0.1) is 6.92 Å². The molecule has 0 saturated heterocycles. The Balaban J connectivity index is 2.21. The van der Waals surface area contributed by atoms with Crippen molar-refractivity contribution in [2.75, 3.05) is 17.2 Å². The molecule has 23 heavy (non-hydrogen) atoms. The van der Waals surface area contributed by atoms with E-state index in [1.807, 2.05) is 32.2 Å². The SMILES string of the molecule is C=CS(=O)CCC(=O)N(CC)c1cn(-c2cccnc2)nc1C. The van der Waals surface area contributed by atoms with Crippen LogP contribution in [0.15, 0.2) is 42.7 Å². The lowest BCUT2D eigenvalue weighted by Crippen LogP contribution is -2.31. The molecule has 0 aliphatic heterocycles. The van der Waals surface area contributed by atoms with Gasteiger partial charge in [0.05, 0.1) is 29.5 Å². The van der Waals surface area contributed by atoms with Gasteiger partial charge in [0.1, 0.15) is 0 Å². The van der Waals surface area contributed by atoms with Gasteiger partial charge < -0.3 is 4.90 Å². The highest BCUT2D eigenvalue weighted by molar-refractivity contribution is 7.87. The van der Waals surface area contributed by atoms with E-state index in [1.54, 1.807) is 22.0 Å². The number of carbonyl (C=O) groups excluding carboxylic acids is 1. The highest BCUT2D eigenvalue weighted by Crippen LogP contribution is 2.21. The maximum atomic E-state index is 12.4. The van der Waals surface area contributed by atoms with Crippen LogP contribution >= 0.6 is 0 Å². The molecule has 0 bridgehead atoms. The van der Waals surface area contributed by atoms with Gasteiger partial charge in [-0.05, 0) is 31.4 Å². The van der Waals surface area contributed by atoms with E-state index in [9.17, 15) is 9.00 Å². The molecular formula is C16H20N4O2S. The molecule has 0 aromatic carbocycles. The Bertz CT molecular complexity index is 712. The molecule has 0 aliphatic carbocycles. The number of rotatable bonds is 7. The molecule has 6 nitrogen and oxygen atoms in total. The molecule has 2 rings (SSSR count). The summed E-state index contributed by atoms with van der Waals surface area (Å²) in [6.45, 7) is 7.76. The van der Waals surface area contributed by atoms with Crippen molar-refractivity contribution in [3.63, 3.8) is 0 Å². The Morgan fingerprint density at radius 3 is 2.91 bits per heavy atom. The van der Waals surface area contributed by atoms with Gasteiger partial charge >= 0.3 is 0 Å². The summed E-state index contributed by atoms with van der Waals surface area (Å²) in [4.78, 5) is 18.1. The van der Waals surface area contributed by atoms with Crippen LogP contribution in [0.3, 0.4) is 0 Å². The normalized spacial score (nSPS) is 11.9. The van der Waals surface area contributed by atoms with E-state index in [0.29, 0.717) is 6.54 Å². The average Bonchev–Trinajstić information content (AvgIpc) is 2.96. The smallest absolute Gasteiger partial charge is 0.228 e. The second kappa shape index (κ2) is 7.82. The Hall–Kier alpha value is -2.28. The number of aromatic nitrogens is 3. The predicted molar refractivity (Wildman–Crippen MR) is 91.9 cm³/mol. The van der Waals surface area contributed by atoms with Crippen LogP contribution in [0.4, 0.5) is 5.69 Å². The van der Waals surface area contributed by atoms with Crippen molar-refractivity contribution in [1.82, 2.24) is 14.8 Å². The molecule has 0 saturated carbocycles. The van der Waals surface area contributed by atoms with Crippen LogP contribution in [0.1, 0.15) is 19.0 Å². The van der Waals surface area contributed by atoms with Gasteiger partial charge in [0.15, 0.2) is 0 Å². The zero-order valence-corrected chi connectivity index (χ0v) is 14.1. The van der Waals surface area contributed by atoms with E-state index in [4.69, 9.17) is 0 Å². The molecule has 0 N–H and O–H groups in total. The quantitative estimate of drug-likeness (QED) is 0.779. The van der Waals surface area contributed by atoms with E-state index < -0.39 is 10.8 Å². The summed E-state index contributed by atoms with van der Waals surface area (Å²) >= 11 is 0. The maximum Gasteiger partial charge on any atom is 0.228 e. The molecule has 0 fully saturated rings. The second-order valence-electron chi connectivity index (χ2n) is 4.90. The first-order valence-electron chi connectivity index (χ1n) is 7.33. The molecule has 2 heterocycles. The van der Waals surface area contributed by atoms with Crippen molar-refractivity contribution >= 4 is 22.4 Å².